The van der Waals surface area contributed by atoms with E-state index in [2.05, 4.69) is 4.98 Å². The van der Waals surface area contributed by atoms with Crippen LogP contribution in [0.2, 0.25) is 0 Å². The van der Waals surface area contributed by atoms with Crippen LogP contribution in [0.15, 0.2) is 6.07 Å². The lowest BCUT2D eigenvalue weighted by molar-refractivity contribution is -0.142. The molecule has 0 saturated heterocycles. The van der Waals surface area contributed by atoms with Crippen LogP contribution >= 0.6 is 22.6 Å². The molecule has 0 N–H and O–H groups in total. The van der Waals surface area contributed by atoms with Crippen LogP contribution in [0.1, 0.15) is 23.4 Å². The third-order valence-corrected chi connectivity index (χ3v) is 2.42. The number of alkyl halides is 5. The molecule has 0 aliphatic heterocycles. The van der Waals surface area contributed by atoms with E-state index < -0.39 is 29.6 Å². The molecule has 0 aliphatic rings. The van der Waals surface area contributed by atoms with Crippen molar-refractivity contribution in [2.45, 2.75) is 12.6 Å². The molecule has 1 aromatic rings. The Kier molecular flexibility index (Phi) is 3.67. The van der Waals surface area contributed by atoms with Crippen molar-refractivity contribution in [3.05, 3.63) is 26.6 Å². The molecular formula is C8H2F5IN2. The molecule has 1 heterocycles. The van der Waals surface area contributed by atoms with E-state index in [4.69, 9.17) is 5.26 Å². The molecule has 0 spiro atoms. The first kappa shape index (κ1) is 13.1. The lowest BCUT2D eigenvalue weighted by atomic mass is 10.2. The molecule has 0 radical (unpaired) electrons. The van der Waals surface area contributed by atoms with Crippen molar-refractivity contribution in [1.29, 1.82) is 5.26 Å². The molecule has 0 saturated carbocycles. The first-order valence-electron chi connectivity index (χ1n) is 3.73. The second kappa shape index (κ2) is 4.48. The zero-order valence-electron chi connectivity index (χ0n) is 7.32. The van der Waals surface area contributed by atoms with Crippen molar-refractivity contribution in [3.63, 3.8) is 0 Å². The van der Waals surface area contributed by atoms with Gasteiger partial charge in [0.2, 0.25) is 0 Å². The topological polar surface area (TPSA) is 36.7 Å². The molecule has 1 rings (SSSR count). The van der Waals surface area contributed by atoms with Crippen molar-refractivity contribution in [3.8, 4) is 6.07 Å². The van der Waals surface area contributed by atoms with Crippen LogP contribution in [0, 0.1) is 14.9 Å². The van der Waals surface area contributed by atoms with E-state index in [9.17, 15) is 22.0 Å². The predicted octanol–water partition coefficient (Wildman–Crippen LogP) is 3.51. The van der Waals surface area contributed by atoms with Crippen molar-refractivity contribution in [2.24, 2.45) is 0 Å². The van der Waals surface area contributed by atoms with Crippen molar-refractivity contribution >= 4 is 22.6 Å². The molecule has 0 aliphatic carbocycles. The number of nitriles is 1. The zero-order valence-corrected chi connectivity index (χ0v) is 9.47. The monoisotopic (exact) mass is 348 g/mol. The van der Waals surface area contributed by atoms with Crippen LogP contribution < -0.4 is 0 Å². The van der Waals surface area contributed by atoms with Crippen LogP contribution in [-0.4, -0.2) is 4.98 Å². The maximum Gasteiger partial charge on any atom is 0.434 e. The van der Waals surface area contributed by atoms with Gasteiger partial charge in [0, 0.05) is 3.57 Å². The van der Waals surface area contributed by atoms with Crippen LogP contribution in [0.5, 0.6) is 0 Å². The second-order valence-corrected chi connectivity index (χ2v) is 3.82. The molecule has 0 unspecified atom stereocenters. The molecule has 0 atom stereocenters. The van der Waals surface area contributed by atoms with E-state index >= 15 is 0 Å². The van der Waals surface area contributed by atoms with Crippen LogP contribution in [0.25, 0.3) is 0 Å². The first-order valence-corrected chi connectivity index (χ1v) is 4.81. The van der Waals surface area contributed by atoms with Gasteiger partial charge in [-0.1, -0.05) is 0 Å². The summed E-state index contributed by atoms with van der Waals surface area (Å²) < 4.78 is 61.3. The van der Waals surface area contributed by atoms with E-state index in [1.807, 2.05) is 0 Å². The van der Waals surface area contributed by atoms with Crippen LogP contribution in [0.4, 0.5) is 22.0 Å². The molecule has 0 amide bonds. The molecule has 0 aromatic carbocycles. The summed E-state index contributed by atoms with van der Waals surface area (Å²) >= 11 is 1.30. The van der Waals surface area contributed by atoms with Gasteiger partial charge in [-0.05, 0) is 28.7 Å². The first-order chi connectivity index (χ1) is 7.27. The maximum atomic E-state index is 12.3. The Morgan fingerprint density at radius 3 is 2.31 bits per heavy atom. The van der Waals surface area contributed by atoms with E-state index in [-0.39, 0.29) is 3.57 Å². The highest BCUT2D eigenvalue weighted by Gasteiger charge is 2.36. The highest BCUT2D eigenvalue weighted by Crippen LogP contribution is 2.34. The normalized spacial score (nSPS) is 11.6. The summed E-state index contributed by atoms with van der Waals surface area (Å²) in [6.07, 6.45) is -8.03. The van der Waals surface area contributed by atoms with Gasteiger partial charge in [-0.15, -0.1) is 0 Å². The minimum atomic E-state index is -4.81. The fourth-order valence-corrected chi connectivity index (χ4v) is 1.70. The highest BCUT2D eigenvalue weighted by molar-refractivity contribution is 14.1. The van der Waals surface area contributed by atoms with Gasteiger partial charge in [0.1, 0.15) is 11.8 Å². The molecular weight excluding hydrogens is 346 g/mol. The van der Waals surface area contributed by atoms with Crippen molar-refractivity contribution in [2.75, 3.05) is 0 Å². The zero-order chi connectivity index (χ0) is 12.5. The van der Waals surface area contributed by atoms with E-state index in [0.717, 1.165) is 6.07 Å². The number of aromatic nitrogens is 1. The third kappa shape index (κ3) is 2.58. The van der Waals surface area contributed by atoms with Crippen LogP contribution in [-0.2, 0) is 6.18 Å². The summed E-state index contributed by atoms with van der Waals surface area (Å²) in [7, 11) is 0. The molecule has 0 fully saturated rings. The van der Waals surface area contributed by atoms with Gasteiger partial charge in [0.25, 0.3) is 6.43 Å². The number of nitrogens with zero attached hydrogens (tertiary/aromatic N) is 2. The van der Waals surface area contributed by atoms with Gasteiger partial charge in [-0.25, -0.2) is 13.8 Å². The average molecular weight is 348 g/mol. The summed E-state index contributed by atoms with van der Waals surface area (Å²) in [5, 5.41) is 8.48. The summed E-state index contributed by atoms with van der Waals surface area (Å²) in [6, 6.07) is 2.13. The lowest BCUT2D eigenvalue weighted by Gasteiger charge is -2.10. The number of halogens is 6. The molecule has 2 nitrogen and oxygen atoms in total. The minimum absolute atomic E-state index is 0.383. The van der Waals surface area contributed by atoms with Crippen molar-refractivity contribution in [1.82, 2.24) is 4.98 Å². The Morgan fingerprint density at radius 1 is 1.38 bits per heavy atom. The lowest BCUT2D eigenvalue weighted by Crippen LogP contribution is -2.13. The Morgan fingerprint density at radius 2 is 1.94 bits per heavy atom. The van der Waals surface area contributed by atoms with Gasteiger partial charge >= 0.3 is 6.18 Å². The quantitative estimate of drug-likeness (QED) is 0.575. The largest absolute Gasteiger partial charge is 0.434 e. The summed E-state index contributed by atoms with van der Waals surface area (Å²) in [4.78, 5) is 2.81. The Hall–Kier alpha value is -0.980. The predicted molar refractivity (Wildman–Crippen MR) is 51.6 cm³/mol. The highest BCUT2D eigenvalue weighted by atomic mass is 127. The van der Waals surface area contributed by atoms with E-state index in [1.165, 1.54) is 28.7 Å². The SMILES string of the molecule is N#Cc1cc(I)c(C(F)(F)F)nc1C(F)F. The van der Waals surface area contributed by atoms with Crippen molar-refractivity contribution < 1.29 is 22.0 Å². The van der Waals surface area contributed by atoms with Gasteiger partial charge in [-0.3, -0.25) is 0 Å². The third-order valence-electron chi connectivity index (χ3n) is 1.60. The fraction of sp³-hybridized carbons (Fsp3) is 0.250. The second-order valence-electron chi connectivity index (χ2n) is 2.66. The van der Waals surface area contributed by atoms with Gasteiger partial charge in [-0.2, -0.15) is 18.4 Å². The molecule has 8 heteroatoms. The average Bonchev–Trinajstić information content (AvgIpc) is 2.14. The summed E-state index contributed by atoms with van der Waals surface area (Å²) in [5.74, 6) is 0. The molecule has 1 aromatic heterocycles. The number of hydrogen-bond donors (Lipinski definition) is 0. The van der Waals surface area contributed by atoms with E-state index in [0.29, 0.717) is 0 Å². The Bertz CT molecular complexity index is 448. The standard InChI is InChI=1S/C8H2F5IN2/c9-7(10)5-3(2-15)1-4(14)6(16-5)8(11,12)13/h1,7H. The van der Waals surface area contributed by atoms with Gasteiger partial charge < -0.3 is 0 Å². The smallest absolute Gasteiger partial charge is 0.240 e. The number of hydrogen-bond acceptors (Lipinski definition) is 2. The van der Waals surface area contributed by atoms with Crippen LogP contribution in [0.3, 0.4) is 0 Å². The van der Waals surface area contributed by atoms with Gasteiger partial charge in [0.15, 0.2) is 5.69 Å². The van der Waals surface area contributed by atoms with E-state index in [1.54, 1.807) is 0 Å². The minimum Gasteiger partial charge on any atom is -0.240 e. The maximum absolute atomic E-state index is 12.3. The molecule has 86 valence electrons. The Labute approximate surface area is 100 Å². The fourth-order valence-electron chi connectivity index (χ4n) is 0.958. The van der Waals surface area contributed by atoms with Gasteiger partial charge in [0.05, 0.1) is 5.56 Å². The Balaban J connectivity index is 3.47. The molecule has 16 heavy (non-hydrogen) atoms. The summed E-state index contributed by atoms with van der Waals surface area (Å²) in [5.41, 5.74) is -3.09. The number of pyridine rings is 1. The number of rotatable bonds is 1. The molecule has 0 bridgehead atoms. The summed E-state index contributed by atoms with van der Waals surface area (Å²) in [6.45, 7) is 0.